The highest BCUT2D eigenvalue weighted by atomic mass is 19.4. The molecule has 0 bridgehead atoms. The van der Waals surface area contributed by atoms with Crippen molar-refractivity contribution in [3.8, 4) is 5.75 Å². The van der Waals surface area contributed by atoms with Crippen molar-refractivity contribution in [3.63, 3.8) is 0 Å². The maximum absolute atomic E-state index is 12.2. The Labute approximate surface area is 116 Å². The van der Waals surface area contributed by atoms with Gasteiger partial charge in [0.2, 0.25) is 5.91 Å². The van der Waals surface area contributed by atoms with Crippen molar-refractivity contribution in [1.82, 2.24) is 25.5 Å². The van der Waals surface area contributed by atoms with Crippen LogP contribution in [0.5, 0.6) is 5.75 Å². The van der Waals surface area contributed by atoms with Crippen molar-refractivity contribution >= 4 is 5.91 Å². The molecule has 1 aromatic carbocycles. The lowest BCUT2D eigenvalue weighted by Gasteiger charge is -2.13. The van der Waals surface area contributed by atoms with Gasteiger partial charge in [-0.25, -0.2) is 4.68 Å². The van der Waals surface area contributed by atoms with Gasteiger partial charge >= 0.3 is 6.36 Å². The highest BCUT2D eigenvalue weighted by Crippen LogP contribution is 2.25. The van der Waals surface area contributed by atoms with Crippen LogP contribution in [0.4, 0.5) is 13.2 Å². The largest absolute Gasteiger partial charge is 0.573 e. The number of alkyl halides is 3. The fourth-order valence-electron chi connectivity index (χ4n) is 1.52. The number of nitrogens with one attached hydrogen (secondary N) is 1. The second-order valence-electron chi connectivity index (χ2n) is 3.94. The summed E-state index contributed by atoms with van der Waals surface area (Å²) in [7, 11) is 0. The van der Waals surface area contributed by atoms with E-state index in [-0.39, 0.29) is 24.4 Å². The lowest BCUT2D eigenvalue weighted by Crippen LogP contribution is -2.28. The lowest BCUT2D eigenvalue weighted by molar-refractivity contribution is -0.274. The van der Waals surface area contributed by atoms with E-state index >= 15 is 0 Å². The summed E-state index contributed by atoms with van der Waals surface area (Å²) in [5.74, 6) is -0.795. The highest BCUT2D eigenvalue weighted by molar-refractivity contribution is 5.75. The first-order valence-corrected chi connectivity index (χ1v) is 5.75. The molecular weight excluding hydrogens is 291 g/mol. The smallest absolute Gasteiger partial charge is 0.405 e. The van der Waals surface area contributed by atoms with Crippen LogP contribution in [0.3, 0.4) is 0 Å². The number of hydrogen-bond donors (Lipinski definition) is 1. The van der Waals surface area contributed by atoms with Gasteiger partial charge in [-0.2, -0.15) is 0 Å². The minimum atomic E-state index is -4.79. The zero-order valence-corrected chi connectivity index (χ0v) is 10.5. The van der Waals surface area contributed by atoms with Gasteiger partial charge in [0.25, 0.3) is 0 Å². The van der Waals surface area contributed by atoms with E-state index in [1.807, 2.05) is 0 Å². The minimum Gasteiger partial charge on any atom is -0.405 e. The molecule has 0 saturated heterocycles. The van der Waals surface area contributed by atoms with Crippen LogP contribution < -0.4 is 10.1 Å². The third-order valence-corrected chi connectivity index (χ3v) is 2.37. The molecule has 0 aliphatic heterocycles. The van der Waals surface area contributed by atoms with Gasteiger partial charge < -0.3 is 10.1 Å². The molecule has 0 saturated carbocycles. The van der Waals surface area contributed by atoms with Crippen molar-refractivity contribution in [2.45, 2.75) is 19.5 Å². The van der Waals surface area contributed by atoms with Crippen molar-refractivity contribution in [2.24, 2.45) is 0 Å². The van der Waals surface area contributed by atoms with E-state index in [0.29, 0.717) is 0 Å². The Kier molecular flexibility index (Phi) is 4.36. The first kappa shape index (κ1) is 14.8. The van der Waals surface area contributed by atoms with Crippen molar-refractivity contribution in [2.75, 3.05) is 0 Å². The molecule has 10 heteroatoms. The molecule has 0 fully saturated rings. The summed E-state index contributed by atoms with van der Waals surface area (Å²) < 4.78 is 41.8. The van der Waals surface area contributed by atoms with Gasteiger partial charge in [-0.1, -0.05) is 18.2 Å². The van der Waals surface area contributed by atoms with Gasteiger partial charge in [-0.05, 0) is 16.5 Å². The summed E-state index contributed by atoms with van der Waals surface area (Å²) in [5, 5.41) is 12.7. The number of rotatable bonds is 5. The third-order valence-electron chi connectivity index (χ3n) is 2.37. The van der Waals surface area contributed by atoms with E-state index in [0.717, 1.165) is 0 Å². The molecule has 2 rings (SSSR count). The van der Waals surface area contributed by atoms with Crippen LogP contribution in [0.25, 0.3) is 0 Å². The quantitative estimate of drug-likeness (QED) is 0.887. The second kappa shape index (κ2) is 6.20. The first-order chi connectivity index (χ1) is 9.94. The van der Waals surface area contributed by atoms with Gasteiger partial charge in [0.15, 0.2) is 0 Å². The van der Waals surface area contributed by atoms with Crippen molar-refractivity contribution in [1.29, 1.82) is 0 Å². The predicted molar refractivity (Wildman–Crippen MR) is 62.8 cm³/mol. The maximum atomic E-state index is 12.2. The lowest BCUT2D eigenvalue weighted by atomic mass is 10.2. The number of benzene rings is 1. The summed E-state index contributed by atoms with van der Waals surface area (Å²) in [6.07, 6.45) is -3.53. The van der Waals surface area contributed by atoms with Crippen LogP contribution in [-0.4, -0.2) is 32.5 Å². The molecule has 0 atom stereocenters. The van der Waals surface area contributed by atoms with Crippen LogP contribution in [-0.2, 0) is 17.9 Å². The number of amides is 1. The number of aromatic nitrogens is 4. The molecule has 2 aromatic rings. The van der Waals surface area contributed by atoms with Crippen LogP contribution in [0, 0.1) is 0 Å². The SMILES string of the molecule is O=C(Cn1cnnn1)NCc1ccccc1OC(F)(F)F. The van der Waals surface area contributed by atoms with Crippen LogP contribution in [0.1, 0.15) is 5.56 Å². The Morgan fingerprint density at radius 2 is 2.10 bits per heavy atom. The topological polar surface area (TPSA) is 81.9 Å². The van der Waals surface area contributed by atoms with E-state index in [1.54, 1.807) is 6.07 Å². The standard InChI is InChI=1S/C11H10F3N5O2/c12-11(13,14)21-9-4-2-1-3-8(9)5-15-10(20)6-19-7-16-17-18-19/h1-4,7H,5-6H2,(H,15,20). The fourth-order valence-corrected chi connectivity index (χ4v) is 1.52. The van der Waals surface area contributed by atoms with Crippen LogP contribution >= 0.6 is 0 Å². The van der Waals surface area contributed by atoms with Gasteiger partial charge in [0.05, 0.1) is 0 Å². The number of carbonyl (C=O) groups excluding carboxylic acids is 1. The van der Waals surface area contributed by atoms with E-state index in [1.165, 1.54) is 29.2 Å². The molecule has 0 radical (unpaired) electrons. The first-order valence-electron chi connectivity index (χ1n) is 5.75. The van der Waals surface area contributed by atoms with E-state index in [9.17, 15) is 18.0 Å². The van der Waals surface area contributed by atoms with Crippen LogP contribution in [0.15, 0.2) is 30.6 Å². The average molecular weight is 301 g/mol. The zero-order valence-electron chi connectivity index (χ0n) is 10.5. The van der Waals surface area contributed by atoms with E-state index in [4.69, 9.17) is 0 Å². The van der Waals surface area contributed by atoms with E-state index < -0.39 is 12.3 Å². The number of ether oxygens (including phenoxy) is 1. The summed E-state index contributed by atoms with van der Waals surface area (Å²) in [6.45, 7) is -0.234. The summed E-state index contributed by atoms with van der Waals surface area (Å²) in [5.41, 5.74) is 0.208. The molecule has 1 N–H and O–H groups in total. The molecule has 0 unspecified atom stereocenters. The van der Waals surface area contributed by atoms with Gasteiger partial charge in [-0.15, -0.1) is 18.3 Å². The number of para-hydroxylation sites is 1. The number of carbonyl (C=O) groups is 1. The molecule has 0 aliphatic rings. The normalized spacial score (nSPS) is 11.2. The second-order valence-corrected chi connectivity index (χ2v) is 3.94. The summed E-state index contributed by atoms with van der Waals surface area (Å²) in [6, 6.07) is 5.56. The maximum Gasteiger partial charge on any atom is 0.573 e. The Morgan fingerprint density at radius 1 is 1.33 bits per heavy atom. The Hall–Kier alpha value is -2.65. The predicted octanol–water partition coefficient (Wildman–Crippen LogP) is 0.888. The zero-order chi connectivity index (χ0) is 15.3. The highest BCUT2D eigenvalue weighted by Gasteiger charge is 2.31. The number of tetrazole rings is 1. The molecular formula is C11H10F3N5O2. The Morgan fingerprint density at radius 3 is 2.76 bits per heavy atom. The fraction of sp³-hybridized carbons (Fsp3) is 0.273. The number of halogens is 3. The Balaban J connectivity index is 1.95. The molecule has 1 amide bonds. The molecule has 0 aliphatic carbocycles. The summed E-state index contributed by atoms with van der Waals surface area (Å²) in [4.78, 5) is 11.6. The van der Waals surface area contributed by atoms with Crippen molar-refractivity contribution in [3.05, 3.63) is 36.2 Å². The van der Waals surface area contributed by atoms with E-state index in [2.05, 4.69) is 25.6 Å². The number of nitrogens with zero attached hydrogens (tertiary/aromatic N) is 4. The minimum absolute atomic E-state index is 0.104. The average Bonchev–Trinajstić information content (AvgIpc) is 2.89. The third kappa shape index (κ3) is 4.75. The monoisotopic (exact) mass is 301 g/mol. The molecule has 7 nitrogen and oxygen atoms in total. The van der Waals surface area contributed by atoms with Gasteiger partial charge in [0.1, 0.15) is 18.6 Å². The van der Waals surface area contributed by atoms with Crippen molar-refractivity contribution < 1.29 is 22.7 Å². The molecule has 21 heavy (non-hydrogen) atoms. The summed E-state index contributed by atoms with van der Waals surface area (Å²) >= 11 is 0. The van der Waals surface area contributed by atoms with Gasteiger partial charge in [0, 0.05) is 12.1 Å². The molecule has 1 heterocycles. The van der Waals surface area contributed by atoms with Crippen LogP contribution in [0.2, 0.25) is 0 Å². The molecule has 112 valence electrons. The van der Waals surface area contributed by atoms with Gasteiger partial charge in [-0.3, -0.25) is 4.79 Å². The number of hydrogen-bond acceptors (Lipinski definition) is 5. The Bertz CT molecular complexity index is 600. The molecule has 0 spiro atoms. The molecule has 1 aromatic heterocycles.